The maximum absolute atomic E-state index is 9.06. The molecule has 2 aromatic rings. The van der Waals surface area contributed by atoms with Crippen molar-refractivity contribution in [2.24, 2.45) is 0 Å². The zero-order valence-electron chi connectivity index (χ0n) is 10.9. The van der Waals surface area contributed by atoms with Crippen molar-refractivity contribution < 1.29 is 14.2 Å². The molecule has 1 aliphatic rings. The number of benzene rings is 1. The van der Waals surface area contributed by atoms with Gasteiger partial charge in [-0.15, -0.1) is 0 Å². The number of rotatable bonds is 3. The van der Waals surface area contributed by atoms with E-state index < -0.39 is 0 Å². The Bertz CT molecular complexity index is 700. The van der Waals surface area contributed by atoms with Crippen LogP contribution < -0.4 is 19.9 Å². The molecule has 1 aliphatic heterocycles. The SMILES string of the molecule is CCn1c(C#N)cc(N)c1Oc1ccc2c(c1)OCO2. The number of hydrogen-bond acceptors (Lipinski definition) is 5. The molecule has 0 saturated carbocycles. The third-order valence-corrected chi connectivity index (χ3v) is 3.06. The van der Waals surface area contributed by atoms with Gasteiger partial charge in [-0.05, 0) is 19.1 Å². The molecule has 6 nitrogen and oxygen atoms in total. The first-order valence-corrected chi connectivity index (χ1v) is 6.19. The van der Waals surface area contributed by atoms with Gasteiger partial charge in [-0.25, -0.2) is 0 Å². The van der Waals surface area contributed by atoms with Crippen LogP contribution in [-0.4, -0.2) is 11.4 Å². The summed E-state index contributed by atoms with van der Waals surface area (Å²) >= 11 is 0. The van der Waals surface area contributed by atoms with Crippen molar-refractivity contribution in [1.82, 2.24) is 4.57 Å². The topological polar surface area (TPSA) is 82.4 Å². The molecular weight excluding hydrogens is 258 g/mol. The highest BCUT2D eigenvalue weighted by molar-refractivity contribution is 5.57. The van der Waals surface area contributed by atoms with E-state index in [4.69, 9.17) is 25.2 Å². The maximum Gasteiger partial charge on any atom is 0.231 e. The third kappa shape index (κ3) is 1.89. The average molecular weight is 271 g/mol. The van der Waals surface area contributed by atoms with Crippen molar-refractivity contribution in [3.63, 3.8) is 0 Å². The number of nitrogens with two attached hydrogens (primary N) is 1. The molecular formula is C14H13N3O3. The van der Waals surface area contributed by atoms with Gasteiger partial charge in [-0.1, -0.05) is 0 Å². The summed E-state index contributed by atoms with van der Waals surface area (Å²) in [5, 5.41) is 9.06. The number of aromatic nitrogens is 1. The number of nitriles is 1. The minimum atomic E-state index is 0.213. The molecule has 1 aromatic carbocycles. The molecule has 20 heavy (non-hydrogen) atoms. The fourth-order valence-electron chi connectivity index (χ4n) is 2.12. The van der Waals surface area contributed by atoms with Gasteiger partial charge in [0.05, 0.1) is 5.69 Å². The van der Waals surface area contributed by atoms with E-state index >= 15 is 0 Å². The molecule has 1 aromatic heterocycles. The number of hydrogen-bond donors (Lipinski definition) is 1. The highest BCUT2D eigenvalue weighted by Crippen LogP contribution is 2.38. The third-order valence-electron chi connectivity index (χ3n) is 3.06. The van der Waals surface area contributed by atoms with Gasteiger partial charge in [0.1, 0.15) is 17.5 Å². The largest absolute Gasteiger partial charge is 0.454 e. The highest BCUT2D eigenvalue weighted by Gasteiger charge is 2.17. The average Bonchev–Trinajstić information content (AvgIpc) is 3.03. The molecule has 0 fully saturated rings. The zero-order valence-corrected chi connectivity index (χ0v) is 10.9. The van der Waals surface area contributed by atoms with Crippen molar-refractivity contribution in [1.29, 1.82) is 5.26 Å². The van der Waals surface area contributed by atoms with Crippen LogP contribution in [0.3, 0.4) is 0 Å². The van der Waals surface area contributed by atoms with Gasteiger partial charge >= 0.3 is 0 Å². The van der Waals surface area contributed by atoms with E-state index in [1.165, 1.54) is 0 Å². The molecule has 0 aliphatic carbocycles. The molecule has 0 amide bonds. The van der Waals surface area contributed by atoms with Gasteiger partial charge in [-0.3, -0.25) is 0 Å². The predicted octanol–water partition coefficient (Wildman–Crippen LogP) is 2.48. The van der Waals surface area contributed by atoms with Crippen molar-refractivity contribution in [3.8, 4) is 29.2 Å². The summed E-state index contributed by atoms with van der Waals surface area (Å²) in [6.07, 6.45) is 0. The Hall–Kier alpha value is -2.81. The summed E-state index contributed by atoms with van der Waals surface area (Å²) in [6.45, 7) is 2.73. The normalized spacial score (nSPS) is 12.2. The maximum atomic E-state index is 9.06. The van der Waals surface area contributed by atoms with Crippen LogP contribution in [-0.2, 0) is 6.54 Å². The van der Waals surface area contributed by atoms with Gasteiger partial charge in [0.15, 0.2) is 11.5 Å². The Kier molecular flexibility index (Phi) is 2.88. The monoisotopic (exact) mass is 271 g/mol. The van der Waals surface area contributed by atoms with Gasteiger partial charge < -0.3 is 24.5 Å². The van der Waals surface area contributed by atoms with Crippen LogP contribution in [0.4, 0.5) is 5.69 Å². The molecule has 6 heteroatoms. The molecule has 102 valence electrons. The van der Waals surface area contributed by atoms with Crippen LogP contribution >= 0.6 is 0 Å². The lowest BCUT2D eigenvalue weighted by molar-refractivity contribution is 0.174. The molecule has 0 atom stereocenters. The van der Waals surface area contributed by atoms with Crippen LogP contribution in [0.1, 0.15) is 12.6 Å². The van der Waals surface area contributed by atoms with E-state index in [0.717, 1.165) is 0 Å². The predicted molar refractivity (Wildman–Crippen MR) is 71.9 cm³/mol. The lowest BCUT2D eigenvalue weighted by Gasteiger charge is -2.10. The molecule has 0 radical (unpaired) electrons. The van der Waals surface area contributed by atoms with Crippen molar-refractivity contribution >= 4 is 5.69 Å². The van der Waals surface area contributed by atoms with Gasteiger partial charge in [0, 0.05) is 18.7 Å². The van der Waals surface area contributed by atoms with Crippen LogP contribution in [0.2, 0.25) is 0 Å². The molecule has 0 unspecified atom stereocenters. The molecule has 2 N–H and O–H groups in total. The summed E-state index contributed by atoms with van der Waals surface area (Å²) in [7, 11) is 0. The van der Waals surface area contributed by atoms with Crippen molar-refractivity contribution in [3.05, 3.63) is 30.0 Å². The Morgan fingerprint density at radius 2 is 2.15 bits per heavy atom. The Balaban J connectivity index is 1.95. The van der Waals surface area contributed by atoms with Crippen molar-refractivity contribution in [2.45, 2.75) is 13.5 Å². The van der Waals surface area contributed by atoms with Gasteiger partial charge in [0.2, 0.25) is 12.7 Å². The van der Waals surface area contributed by atoms with E-state index in [1.807, 2.05) is 6.92 Å². The van der Waals surface area contributed by atoms with E-state index in [0.29, 0.717) is 41.1 Å². The molecule has 2 heterocycles. The van der Waals surface area contributed by atoms with Crippen LogP contribution in [0.15, 0.2) is 24.3 Å². The number of nitrogens with zero attached hydrogens (tertiary/aromatic N) is 2. The van der Waals surface area contributed by atoms with E-state index in [1.54, 1.807) is 28.8 Å². The summed E-state index contributed by atoms with van der Waals surface area (Å²) in [6, 6.07) is 8.98. The lowest BCUT2D eigenvalue weighted by atomic mass is 10.3. The highest BCUT2D eigenvalue weighted by atomic mass is 16.7. The number of fused-ring (bicyclic) bond motifs is 1. The Morgan fingerprint density at radius 1 is 1.35 bits per heavy atom. The fourth-order valence-corrected chi connectivity index (χ4v) is 2.12. The fraction of sp³-hybridized carbons (Fsp3) is 0.214. The summed E-state index contributed by atoms with van der Waals surface area (Å²) in [5.74, 6) is 2.37. The number of ether oxygens (including phenoxy) is 3. The van der Waals surface area contributed by atoms with Gasteiger partial charge in [-0.2, -0.15) is 5.26 Å². The first-order chi connectivity index (χ1) is 9.72. The molecule has 3 rings (SSSR count). The first-order valence-electron chi connectivity index (χ1n) is 6.19. The van der Waals surface area contributed by atoms with Crippen LogP contribution in [0.5, 0.6) is 23.1 Å². The second kappa shape index (κ2) is 4.70. The molecule has 0 spiro atoms. The Morgan fingerprint density at radius 3 is 2.90 bits per heavy atom. The standard InChI is InChI=1S/C14H13N3O3/c1-2-17-9(7-15)5-11(16)14(17)20-10-3-4-12-13(6-10)19-8-18-12/h3-6H,2,8,16H2,1H3. The molecule has 0 bridgehead atoms. The zero-order chi connectivity index (χ0) is 14.1. The second-order valence-electron chi connectivity index (χ2n) is 4.26. The van der Waals surface area contributed by atoms with E-state index in [9.17, 15) is 0 Å². The quantitative estimate of drug-likeness (QED) is 0.927. The summed E-state index contributed by atoms with van der Waals surface area (Å²) in [4.78, 5) is 0. The smallest absolute Gasteiger partial charge is 0.231 e. The summed E-state index contributed by atoms with van der Waals surface area (Å²) < 4.78 is 18.1. The van der Waals surface area contributed by atoms with E-state index in [2.05, 4.69) is 6.07 Å². The Labute approximate surface area is 115 Å². The van der Waals surface area contributed by atoms with Crippen LogP contribution in [0.25, 0.3) is 0 Å². The molecule has 0 saturated heterocycles. The van der Waals surface area contributed by atoms with E-state index in [-0.39, 0.29) is 6.79 Å². The van der Waals surface area contributed by atoms with Crippen molar-refractivity contribution in [2.75, 3.05) is 12.5 Å². The number of anilines is 1. The number of nitrogen functional groups attached to an aromatic ring is 1. The van der Waals surface area contributed by atoms with Gasteiger partial charge in [0.25, 0.3) is 0 Å². The lowest BCUT2D eigenvalue weighted by Crippen LogP contribution is -2.01. The second-order valence-corrected chi connectivity index (χ2v) is 4.26. The first kappa shape index (κ1) is 12.2. The minimum absolute atomic E-state index is 0.213. The minimum Gasteiger partial charge on any atom is -0.454 e. The van der Waals surface area contributed by atoms with Crippen LogP contribution in [0, 0.1) is 11.3 Å². The summed E-state index contributed by atoms with van der Waals surface area (Å²) in [5.41, 5.74) is 6.81.